The van der Waals surface area contributed by atoms with Gasteiger partial charge in [0.15, 0.2) is 11.5 Å². The molecule has 2 amide bonds. The van der Waals surface area contributed by atoms with E-state index in [9.17, 15) is 9.59 Å². The molecule has 28 heavy (non-hydrogen) atoms. The molecule has 0 unspecified atom stereocenters. The summed E-state index contributed by atoms with van der Waals surface area (Å²) in [4.78, 5) is 30.1. The summed E-state index contributed by atoms with van der Waals surface area (Å²) in [6, 6.07) is 5.83. The lowest BCUT2D eigenvalue weighted by Crippen LogP contribution is -2.29. The number of nitrogens with zero attached hydrogens (tertiary/aromatic N) is 2. The van der Waals surface area contributed by atoms with E-state index in [0.717, 1.165) is 54.7 Å². The number of benzene rings is 1. The van der Waals surface area contributed by atoms with Crippen molar-refractivity contribution in [3.05, 3.63) is 46.5 Å². The van der Waals surface area contributed by atoms with E-state index >= 15 is 0 Å². The minimum atomic E-state index is -0.249. The fraction of sp³-hybridized carbons (Fsp3) is 0.500. The van der Waals surface area contributed by atoms with Crippen LogP contribution in [0.3, 0.4) is 0 Å². The van der Waals surface area contributed by atoms with Gasteiger partial charge in [0.05, 0.1) is 5.69 Å². The number of amides is 2. The van der Waals surface area contributed by atoms with Gasteiger partial charge in [0.1, 0.15) is 0 Å². The largest absolute Gasteiger partial charge is 0.349 e. The van der Waals surface area contributed by atoms with E-state index in [2.05, 4.69) is 29.5 Å². The molecular formula is C22H30N4O2. The van der Waals surface area contributed by atoms with E-state index in [1.807, 2.05) is 36.6 Å². The quantitative estimate of drug-likeness (QED) is 0.796. The van der Waals surface area contributed by atoms with Crippen LogP contribution in [-0.4, -0.2) is 27.9 Å². The predicted molar refractivity (Wildman–Crippen MR) is 111 cm³/mol. The van der Waals surface area contributed by atoms with Crippen LogP contribution in [0.2, 0.25) is 0 Å². The van der Waals surface area contributed by atoms with Crippen molar-refractivity contribution in [2.75, 3.05) is 11.9 Å². The minimum Gasteiger partial charge on any atom is -0.349 e. The number of anilines is 1. The highest BCUT2D eigenvalue weighted by Crippen LogP contribution is 2.24. The van der Waals surface area contributed by atoms with Crippen LogP contribution in [0.1, 0.15) is 71.0 Å². The first-order valence-electron chi connectivity index (χ1n) is 10.1. The molecule has 6 heteroatoms. The second-order valence-corrected chi connectivity index (χ2v) is 7.98. The van der Waals surface area contributed by atoms with Crippen molar-refractivity contribution in [3.8, 4) is 0 Å². The molecule has 1 aliphatic rings. The molecule has 1 aromatic heterocycles. The number of hydrogen-bond acceptors (Lipinski definition) is 3. The Morgan fingerprint density at radius 2 is 1.96 bits per heavy atom. The standard InChI is InChI=1S/C22H30N4O2/c1-14(2)11-12-23-22(28)20-25-19(18-10-5-6-13-26(18)20)21(27)24-17-9-7-8-15(3)16(17)4/h7-9,14H,5-6,10-13H2,1-4H3,(H,23,28)(H,24,27). The molecule has 0 fully saturated rings. The number of nitrogens with one attached hydrogen (secondary N) is 2. The number of rotatable bonds is 6. The maximum absolute atomic E-state index is 13.0. The maximum atomic E-state index is 13.0. The highest BCUT2D eigenvalue weighted by Gasteiger charge is 2.27. The Balaban J connectivity index is 1.85. The maximum Gasteiger partial charge on any atom is 0.287 e. The van der Waals surface area contributed by atoms with Crippen LogP contribution in [0.15, 0.2) is 18.2 Å². The zero-order valence-electron chi connectivity index (χ0n) is 17.3. The summed E-state index contributed by atoms with van der Waals surface area (Å²) in [7, 11) is 0. The second kappa shape index (κ2) is 8.59. The van der Waals surface area contributed by atoms with Gasteiger partial charge in [-0.15, -0.1) is 0 Å². The van der Waals surface area contributed by atoms with Gasteiger partial charge in [-0.05, 0) is 62.6 Å². The Labute approximate surface area is 166 Å². The summed E-state index contributed by atoms with van der Waals surface area (Å²) < 4.78 is 1.92. The summed E-state index contributed by atoms with van der Waals surface area (Å²) in [6.07, 6.45) is 3.68. The van der Waals surface area contributed by atoms with E-state index in [1.165, 1.54) is 0 Å². The Morgan fingerprint density at radius 3 is 2.71 bits per heavy atom. The van der Waals surface area contributed by atoms with E-state index < -0.39 is 0 Å². The Hall–Kier alpha value is -2.63. The van der Waals surface area contributed by atoms with Crippen molar-refractivity contribution in [1.29, 1.82) is 0 Å². The molecule has 1 aromatic carbocycles. The van der Waals surface area contributed by atoms with Crippen LogP contribution in [0.5, 0.6) is 0 Å². The van der Waals surface area contributed by atoms with Gasteiger partial charge < -0.3 is 15.2 Å². The lowest BCUT2D eigenvalue weighted by atomic mass is 10.1. The van der Waals surface area contributed by atoms with Gasteiger partial charge in [0.2, 0.25) is 0 Å². The molecule has 0 radical (unpaired) electrons. The molecule has 2 aromatic rings. The van der Waals surface area contributed by atoms with E-state index in [4.69, 9.17) is 0 Å². The predicted octanol–water partition coefficient (Wildman–Crippen LogP) is 3.86. The first-order chi connectivity index (χ1) is 13.4. The molecule has 150 valence electrons. The molecule has 0 atom stereocenters. The fourth-order valence-electron chi connectivity index (χ4n) is 3.52. The Bertz CT molecular complexity index is 883. The summed E-state index contributed by atoms with van der Waals surface area (Å²) in [5.74, 6) is 0.424. The van der Waals surface area contributed by atoms with Crippen molar-refractivity contribution < 1.29 is 9.59 Å². The molecule has 0 saturated carbocycles. The summed E-state index contributed by atoms with van der Waals surface area (Å²) in [6.45, 7) is 9.59. The zero-order valence-corrected chi connectivity index (χ0v) is 17.3. The van der Waals surface area contributed by atoms with Crippen molar-refractivity contribution in [2.45, 2.75) is 59.9 Å². The van der Waals surface area contributed by atoms with Crippen LogP contribution in [0, 0.1) is 19.8 Å². The molecule has 0 bridgehead atoms. The van der Waals surface area contributed by atoms with Gasteiger partial charge in [-0.1, -0.05) is 26.0 Å². The highest BCUT2D eigenvalue weighted by molar-refractivity contribution is 6.05. The average Bonchev–Trinajstić information content (AvgIpc) is 3.05. The van der Waals surface area contributed by atoms with Crippen LogP contribution >= 0.6 is 0 Å². The number of aryl methyl sites for hydroxylation is 1. The lowest BCUT2D eigenvalue weighted by Gasteiger charge is -2.17. The second-order valence-electron chi connectivity index (χ2n) is 7.98. The third-order valence-corrected chi connectivity index (χ3v) is 5.40. The van der Waals surface area contributed by atoms with Crippen LogP contribution in [0.25, 0.3) is 0 Å². The smallest absolute Gasteiger partial charge is 0.287 e. The van der Waals surface area contributed by atoms with E-state index in [-0.39, 0.29) is 11.8 Å². The molecule has 6 nitrogen and oxygen atoms in total. The molecule has 1 aliphatic heterocycles. The summed E-state index contributed by atoms with van der Waals surface area (Å²) >= 11 is 0. The molecule has 3 rings (SSSR count). The monoisotopic (exact) mass is 382 g/mol. The van der Waals surface area contributed by atoms with E-state index in [0.29, 0.717) is 24.0 Å². The van der Waals surface area contributed by atoms with Crippen LogP contribution < -0.4 is 10.6 Å². The minimum absolute atomic E-state index is 0.199. The van der Waals surface area contributed by atoms with Crippen molar-refractivity contribution in [2.24, 2.45) is 5.92 Å². The topological polar surface area (TPSA) is 76.0 Å². The number of fused-ring (bicyclic) bond motifs is 1. The molecule has 0 spiro atoms. The van der Waals surface area contributed by atoms with Crippen LogP contribution in [-0.2, 0) is 13.0 Å². The Morgan fingerprint density at radius 1 is 1.18 bits per heavy atom. The van der Waals surface area contributed by atoms with Gasteiger partial charge in [0, 0.05) is 18.8 Å². The third kappa shape index (κ3) is 4.26. The summed E-state index contributed by atoms with van der Waals surface area (Å²) in [5, 5.41) is 5.93. The van der Waals surface area contributed by atoms with E-state index in [1.54, 1.807) is 0 Å². The van der Waals surface area contributed by atoms with Crippen molar-refractivity contribution in [3.63, 3.8) is 0 Å². The Kier molecular flexibility index (Phi) is 6.17. The number of carbonyl (C=O) groups is 2. The molecule has 2 heterocycles. The van der Waals surface area contributed by atoms with Gasteiger partial charge in [-0.25, -0.2) is 4.98 Å². The normalized spacial score (nSPS) is 13.3. The summed E-state index contributed by atoms with van der Waals surface area (Å²) in [5.41, 5.74) is 4.17. The first-order valence-corrected chi connectivity index (χ1v) is 10.1. The fourth-order valence-corrected chi connectivity index (χ4v) is 3.52. The molecular weight excluding hydrogens is 352 g/mol. The molecule has 0 saturated heterocycles. The molecule has 0 aliphatic carbocycles. The zero-order chi connectivity index (χ0) is 20.3. The first kappa shape index (κ1) is 20.1. The average molecular weight is 383 g/mol. The number of carbonyl (C=O) groups excluding carboxylic acids is 2. The van der Waals surface area contributed by atoms with Crippen LogP contribution in [0.4, 0.5) is 5.69 Å². The molecule has 2 N–H and O–H groups in total. The van der Waals surface area contributed by atoms with Crippen molar-refractivity contribution in [1.82, 2.24) is 14.9 Å². The SMILES string of the molecule is Cc1cccc(NC(=O)c2nc(C(=O)NCCC(C)C)n3c2CCCC3)c1C. The van der Waals surface area contributed by atoms with Crippen molar-refractivity contribution >= 4 is 17.5 Å². The number of aromatic nitrogens is 2. The highest BCUT2D eigenvalue weighted by atomic mass is 16.2. The van der Waals surface area contributed by atoms with Gasteiger partial charge in [-0.3, -0.25) is 9.59 Å². The van der Waals surface area contributed by atoms with Gasteiger partial charge in [0.25, 0.3) is 11.8 Å². The lowest BCUT2D eigenvalue weighted by molar-refractivity contribution is 0.0936. The number of hydrogen-bond donors (Lipinski definition) is 2. The van der Waals surface area contributed by atoms with Gasteiger partial charge >= 0.3 is 0 Å². The number of imidazole rings is 1. The third-order valence-electron chi connectivity index (χ3n) is 5.40. The van der Waals surface area contributed by atoms with Gasteiger partial charge in [-0.2, -0.15) is 0 Å².